The fourth-order valence-corrected chi connectivity index (χ4v) is 8.34. The van der Waals surface area contributed by atoms with Crippen LogP contribution in [0.15, 0.2) is 78.9 Å². The van der Waals surface area contributed by atoms with Crippen LogP contribution in [0.2, 0.25) is 0 Å². The predicted molar refractivity (Wildman–Crippen MR) is 207 cm³/mol. The Hall–Kier alpha value is -4.90. The third-order valence-electron chi connectivity index (χ3n) is 11.1. The number of amides is 4. The van der Waals surface area contributed by atoms with Crippen molar-refractivity contribution in [3.05, 3.63) is 95.6 Å². The van der Waals surface area contributed by atoms with E-state index in [-0.39, 0.29) is 35.8 Å². The highest BCUT2D eigenvalue weighted by atomic mass is 16.5. The molecule has 4 atom stereocenters. The number of phenols is 1. The third-order valence-corrected chi connectivity index (χ3v) is 11.1. The number of hydrogen-bond donors (Lipinski definition) is 2. The second-order valence-corrected chi connectivity index (χ2v) is 15.4. The van der Waals surface area contributed by atoms with Crippen LogP contribution in [0.3, 0.4) is 0 Å². The predicted octanol–water partition coefficient (Wildman–Crippen LogP) is 4.06. The SMILES string of the molecule is CCOc1ccc(CCN2C(=O)C(=O)N([C@@H](CC(C)C)CN3CCC[C@@H]3CN3C(=O)C(=O)NC[C@@H]3Cc3ccccc3)C[C@@H]2Cc2ccc(O)cc2)cc1. The van der Waals surface area contributed by atoms with E-state index in [2.05, 4.69) is 24.1 Å². The number of phenolic OH excluding ortho intramolecular Hbond substituents is 1. The summed E-state index contributed by atoms with van der Waals surface area (Å²) in [7, 11) is 0. The molecule has 3 aliphatic rings. The van der Waals surface area contributed by atoms with Gasteiger partial charge in [0.2, 0.25) is 0 Å². The molecule has 0 unspecified atom stereocenters. The molecule has 11 heteroatoms. The second kappa shape index (κ2) is 18.0. The molecule has 0 bridgehead atoms. The summed E-state index contributed by atoms with van der Waals surface area (Å²) in [4.78, 5) is 61.9. The summed E-state index contributed by atoms with van der Waals surface area (Å²) >= 11 is 0. The second-order valence-electron chi connectivity index (χ2n) is 15.4. The summed E-state index contributed by atoms with van der Waals surface area (Å²) in [6, 6.07) is 24.4. The summed E-state index contributed by atoms with van der Waals surface area (Å²) < 4.78 is 5.60. The fourth-order valence-electron chi connectivity index (χ4n) is 8.34. The number of nitrogens with zero attached hydrogens (tertiary/aromatic N) is 4. The van der Waals surface area contributed by atoms with Crippen molar-refractivity contribution in [3.8, 4) is 11.5 Å². The van der Waals surface area contributed by atoms with Gasteiger partial charge in [-0.2, -0.15) is 0 Å². The number of carbonyl (C=O) groups excluding carboxylic acids is 4. The average Bonchev–Trinajstić information content (AvgIpc) is 3.60. The van der Waals surface area contributed by atoms with Crippen molar-refractivity contribution in [1.82, 2.24) is 24.9 Å². The van der Waals surface area contributed by atoms with Gasteiger partial charge in [-0.1, -0.05) is 68.4 Å². The lowest BCUT2D eigenvalue weighted by atomic mass is 9.96. The summed E-state index contributed by atoms with van der Waals surface area (Å²) in [6.07, 6.45) is 4.35. The van der Waals surface area contributed by atoms with Crippen LogP contribution in [0.5, 0.6) is 11.5 Å². The van der Waals surface area contributed by atoms with E-state index in [1.165, 1.54) is 0 Å². The molecule has 4 amide bonds. The van der Waals surface area contributed by atoms with E-state index >= 15 is 0 Å². The van der Waals surface area contributed by atoms with Crippen molar-refractivity contribution < 1.29 is 29.0 Å². The Kier molecular flexibility index (Phi) is 12.9. The molecule has 288 valence electrons. The van der Waals surface area contributed by atoms with Crippen molar-refractivity contribution in [1.29, 1.82) is 0 Å². The number of piperazine rings is 2. The molecule has 3 aliphatic heterocycles. The van der Waals surface area contributed by atoms with Crippen LogP contribution in [-0.2, 0) is 38.4 Å². The molecule has 0 saturated carbocycles. The first-order valence-corrected chi connectivity index (χ1v) is 19.6. The first-order valence-electron chi connectivity index (χ1n) is 19.6. The quantitative estimate of drug-likeness (QED) is 0.213. The Bertz CT molecular complexity index is 1730. The maximum absolute atomic E-state index is 14.2. The Balaban J connectivity index is 1.20. The minimum Gasteiger partial charge on any atom is -0.508 e. The van der Waals surface area contributed by atoms with E-state index in [4.69, 9.17) is 4.74 Å². The molecule has 6 rings (SSSR count). The molecule has 2 N–H and O–H groups in total. The number of hydrogen-bond acceptors (Lipinski definition) is 7. The molecular weight excluding hydrogens is 683 g/mol. The maximum atomic E-state index is 14.2. The van der Waals surface area contributed by atoms with Gasteiger partial charge < -0.3 is 29.9 Å². The highest BCUT2D eigenvalue weighted by Crippen LogP contribution is 2.28. The zero-order valence-electron chi connectivity index (χ0n) is 31.9. The molecule has 54 heavy (non-hydrogen) atoms. The Labute approximate surface area is 319 Å². The molecule has 0 radical (unpaired) electrons. The van der Waals surface area contributed by atoms with E-state index in [0.29, 0.717) is 58.6 Å². The van der Waals surface area contributed by atoms with Crippen LogP contribution < -0.4 is 10.1 Å². The number of rotatable bonds is 16. The number of nitrogens with one attached hydrogen (secondary N) is 1. The lowest BCUT2D eigenvalue weighted by molar-refractivity contribution is -0.161. The highest BCUT2D eigenvalue weighted by molar-refractivity contribution is 6.36. The van der Waals surface area contributed by atoms with Gasteiger partial charge in [-0.05, 0) is 98.9 Å². The third kappa shape index (κ3) is 9.60. The van der Waals surface area contributed by atoms with Gasteiger partial charge in [0.1, 0.15) is 11.5 Å². The Morgan fingerprint density at radius 3 is 2.19 bits per heavy atom. The zero-order valence-corrected chi connectivity index (χ0v) is 31.9. The van der Waals surface area contributed by atoms with Gasteiger partial charge in [0.25, 0.3) is 0 Å². The molecule has 3 saturated heterocycles. The van der Waals surface area contributed by atoms with Crippen LogP contribution in [-0.4, -0.2) is 118 Å². The summed E-state index contributed by atoms with van der Waals surface area (Å²) in [6.45, 7) is 9.85. The molecule has 3 aromatic rings. The van der Waals surface area contributed by atoms with Crippen molar-refractivity contribution in [2.24, 2.45) is 5.92 Å². The lowest BCUT2D eigenvalue weighted by Crippen LogP contribution is -2.64. The largest absolute Gasteiger partial charge is 0.508 e. The topological polar surface area (TPSA) is 123 Å². The molecule has 3 fully saturated rings. The Morgan fingerprint density at radius 1 is 0.796 bits per heavy atom. The average molecular weight is 738 g/mol. The molecular formula is C43H55N5O6. The molecule has 3 heterocycles. The van der Waals surface area contributed by atoms with Gasteiger partial charge in [0.15, 0.2) is 0 Å². The van der Waals surface area contributed by atoms with E-state index in [0.717, 1.165) is 48.2 Å². The van der Waals surface area contributed by atoms with Gasteiger partial charge in [0.05, 0.1) is 18.7 Å². The summed E-state index contributed by atoms with van der Waals surface area (Å²) in [5.41, 5.74) is 3.14. The fraction of sp³-hybridized carbons (Fsp3) is 0.488. The number of aromatic hydroxyl groups is 1. The number of carbonyl (C=O) groups is 4. The van der Waals surface area contributed by atoms with Gasteiger partial charge in [-0.15, -0.1) is 0 Å². The zero-order chi connectivity index (χ0) is 38.2. The first kappa shape index (κ1) is 38.8. The van der Waals surface area contributed by atoms with Crippen molar-refractivity contribution in [2.45, 2.75) is 83.5 Å². The van der Waals surface area contributed by atoms with Gasteiger partial charge in [0, 0.05) is 44.8 Å². The smallest absolute Gasteiger partial charge is 0.312 e. The summed E-state index contributed by atoms with van der Waals surface area (Å²) in [5, 5.41) is 12.7. The molecule has 0 aromatic heterocycles. The van der Waals surface area contributed by atoms with E-state index < -0.39 is 23.6 Å². The van der Waals surface area contributed by atoms with E-state index in [1.54, 1.807) is 21.9 Å². The molecule has 0 aliphatic carbocycles. The lowest BCUT2D eigenvalue weighted by Gasteiger charge is -2.46. The van der Waals surface area contributed by atoms with Gasteiger partial charge in [-0.3, -0.25) is 24.1 Å². The monoisotopic (exact) mass is 737 g/mol. The van der Waals surface area contributed by atoms with Crippen LogP contribution >= 0.6 is 0 Å². The number of ether oxygens (including phenoxy) is 1. The highest BCUT2D eigenvalue weighted by Gasteiger charge is 2.44. The standard InChI is InChI=1S/C43H55N5O6/c1-4-54-39-18-14-31(15-19-39)20-22-46-37(25-33-12-16-38(49)17-13-33)29-48(43(53)42(46)52)36(23-30(2)3)27-45-21-8-11-34(45)28-47-35(26-44-40(50)41(47)51)24-32-9-6-5-7-10-32/h5-7,9-10,12-19,30,34-37,49H,4,8,11,20-29H2,1-3H3,(H,44,50)/t34-,35+,36+,37+/m1/s1. The maximum Gasteiger partial charge on any atom is 0.312 e. The minimum atomic E-state index is -0.564. The minimum absolute atomic E-state index is 0.0294. The molecule has 3 aromatic carbocycles. The van der Waals surface area contributed by atoms with Crippen molar-refractivity contribution in [2.75, 3.05) is 45.9 Å². The Morgan fingerprint density at radius 2 is 1.48 bits per heavy atom. The normalized spacial score (nSPS) is 21.6. The van der Waals surface area contributed by atoms with E-state index in [1.807, 2.05) is 78.6 Å². The molecule has 0 spiro atoms. The van der Waals surface area contributed by atoms with Crippen molar-refractivity contribution in [3.63, 3.8) is 0 Å². The van der Waals surface area contributed by atoms with Crippen LogP contribution in [0.1, 0.15) is 56.7 Å². The van der Waals surface area contributed by atoms with Gasteiger partial charge in [-0.25, -0.2) is 0 Å². The van der Waals surface area contributed by atoms with Crippen LogP contribution in [0.4, 0.5) is 0 Å². The van der Waals surface area contributed by atoms with Crippen LogP contribution in [0, 0.1) is 5.92 Å². The molecule has 11 nitrogen and oxygen atoms in total. The van der Waals surface area contributed by atoms with Crippen molar-refractivity contribution >= 4 is 23.6 Å². The number of likely N-dealkylation sites (tertiary alicyclic amines) is 1. The van der Waals surface area contributed by atoms with Gasteiger partial charge >= 0.3 is 23.6 Å². The van der Waals surface area contributed by atoms with Crippen LogP contribution in [0.25, 0.3) is 0 Å². The van der Waals surface area contributed by atoms with E-state index in [9.17, 15) is 24.3 Å². The summed E-state index contributed by atoms with van der Waals surface area (Å²) in [5.74, 6) is -0.777. The number of benzene rings is 3. The first-order chi connectivity index (χ1) is 26.1.